The number of carbonyl (C=O) groups is 2. The lowest BCUT2D eigenvalue weighted by Crippen LogP contribution is -2.50. The van der Waals surface area contributed by atoms with Crippen LogP contribution >= 0.6 is 0 Å². The van der Waals surface area contributed by atoms with Crippen molar-refractivity contribution in [2.75, 3.05) is 37.6 Å². The van der Waals surface area contributed by atoms with Crippen molar-refractivity contribution in [3.8, 4) is 0 Å². The van der Waals surface area contributed by atoms with Gasteiger partial charge in [0.05, 0.1) is 5.56 Å². The Morgan fingerprint density at radius 1 is 1.06 bits per heavy atom. The third kappa shape index (κ3) is 6.23. The maximum atomic E-state index is 13.3. The first-order valence-corrected chi connectivity index (χ1v) is 11.8. The highest BCUT2D eigenvalue weighted by molar-refractivity contribution is 5.99. The Kier molecular flexibility index (Phi) is 8.24. The quantitative estimate of drug-likeness (QED) is 0.595. The number of alkyl halides is 3. The zero-order chi connectivity index (χ0) is 25.8. The first-order valence-electron chi connectivity index (χ1n) is 11.8. The Morgan fingerprint density at radius 3 is 2.31 bits per heavy atom. The predicted octanol–water partition coefficient (Wildman–Crippen LogP) is 3.94. The lowest BCUT2D eigenvalue weighted by atomic mass is 10.1. The molecule has 1 saturated heterocycles. The number of benzene rings is 1. The number of hydrogen-bond acceptors (Lipinski definition) is 4. The minimum absolute atomic E-state index is 0.0803. The Bertz CT molecular complexity index is 1120. The first-order chi connectivity index (χ1) is 16.5. The van der Waals surface area contributed by atoms with Gasteiger partial charge in [0.15, 0.2) is 0 Å². The molecule has 0 aliphatic carbocycles. The SMILES string of the molecule is CCCCNC(=O)c1cn(C(C)C)cc(C(=O)N2CCN(c3cccc(C(F)(F)F)c3)CC2)c1=O. The fourth-order valence-corrected chi connectivity index (χ4v) is 3.90. The smallest absolute Gasteiger partial charge is 0.368 e. The van der Waals surface area contributed by atoms with Gasteiger partial charge in [-0.1, -0.05) is 19.4 Å². The molecule has 0 unspecified atom stereocenters. The average Bonchev–Trinajstić information content (AvgIpc) is 2.83. The molecule has 0 atom stereocenters. The van der Waals surface area contributed by atoms with E-state index in [1.165, 1.54) is 23.4 Å². The van der Waals surface area contributed by atoms with Gasteiger partial charge in [-0.25, -0.2) is 0 Å². The summed E-state index contributed by atoms with van der Waals surface area (Å²) in [7, 11) is 0. The van der Waals surface area contributed by atoms with Crippen molar-refractivity contribution >= 4 is 17.5 Å². The van der Waals surface area contributed by atoms with E-state index in [0.717, 1.165) is 25.0 Å². The van der Waals surface area contributed by atoms with Gasteiger partial charge in [0.2, 0.25) is 5.43 Å². The highest BCUT2D eigenvalue weighted by Crippen LogP contribution is 2.32. The van der Waals surface area contributed by atoms with E-state index in [2.05, 4.69) is 5.32 Å². The Labute approximate surface area is 202 Å². The maximum absolute atomic E-state index is 13.3. The van der Waals surface area contributed by atoms with Gasteiger partial charge in [0.1, 0.15) is 11.1 Å². The number of amides is 2. The number of rotatable bonds is 7. The summed E-state index contributed by atoms with van der Waals surface area (Å²) in [6.07, 6.45) is 0.173. The van der Waals surface area contributed by atoms with Crippen LogP contribution in [0.15, 0.2) is 41.5 Å². The summed E-state index contributed by atoms with van der Waals surface area (Å²) in [6.45, 7) is 7.31. The van der Waals surface area contributed by atoms with Gasteiger partial charge in [0, 0.05) is 56.8 Å². The molecule has 2 amide bonds. The molecule has 1 aliphatic rings. The molecule has 0 saturated carbocycles. The summed E-state index contributed by atoms with van der Waals surface area (Å²) in [6, 6.07) is 5.01. The van der Waals surface area contributed by atoms with Crippen LogP contribution < -0.4 is 15.6 Å². The highest BCUT2D eigenvalue weighted by atomic mass is 19.4. The number of aromatic nitrogens is 1. The minimum atomic E-state index is -4.43. The van der Waals surface area contributed by atoms with E-state index in [1.54, 1.807) is 15.5 Å². The second-order valence-corrected chi connectivity index (χ2v) is 8.89. The molecule has 2 heterocycles. The van der Waals surface area contributed by atoms with Crippen LogP contribution in [0.25, 0.3) is 0 Å². The molecule has 1 aliphatic heterocycles. The van der Waals surface area contributed by atoms with Crippen molar-refractivity contribution in [2.24, 2.45) is 0 Å². The molecular formula is C25H31F3N4O3. The Hall–Kier alpha value is -3.30. The molecule has 1 N–H and O–H groups in total. The van der Waals surface area contributed by atoms with E-state index in [-0.39, 0.29) is 30.3 Å². The zero-order valence-electron chi connectivity index (χ0n) is 20.2. The number of pyridine rings is 1. The number of carbonyl (C=O) groups excluding carboxylic acids is 2. The van der Waals surface area contributed by atoms with Gasteiger partial charge >= 0.3 is 6.18 Å². The fourth-order valence-electron chi connectivity index (χ4n) is 3.90. The van der Waals surface area contributed by atoms with Crippen LogP contribution in [0.2, 0.25) is 0 Å². The summed E-state index contributed by atoms with van der Waals surface area (Å²) in [5.41, 5.74) is -1.09. The number of hydrogen-bond donors (Lipinski definition) is 1. The van der Waals surface area contributed by atoms with Crippen LogP contribution in [-0.4, -0.2) is 54.0 Å². The van der Waals surface area contributed by atoms with Gasteiger partial charge in [-0.15, -0.1) is 0 Å². The molecular weight excluding hydrogens is 461 g/mol. The molecule has 1 fully saturated rings. The summed E-state index contributed by atoms with van der Waals surface area (Å²) in [4.78, 5) is 42.3. The van der Waals surface area contributed by atoms with Crippen LogP contribution in [0.4, 0.5) is 18.9 Å². The molecule has 10 heteroatoms. The average molecular weight is 493 g/mol. The van der Waals surface area contributed by atoms with Gasteiger partial charge in [-0.2, -0.15) is 13.2 Å². The number of nitrogens with one attached hydrogen (secondary N) is 1. The molecule has 1 aromatic heterocycles. The monoisotopic (exact) mass is 492 g/mol. The van der Waals surface area contributed by atoms with Crippen molar-refractivity contribution in [2.45, 2.75) is 45.8 Å². The second-order valence-electron chi connectivity index (χ2n) is 8.89. The lowest BCUT2D eigenvalue weighted by molar-refractivity contribution is -0.137. The van der Waals surface area contributed by atoms with Crippen LogP contribution in [0.1, 0.15) is 65.9 Å². The predicted molar refractivity (Wildman–Crippen MR) is 128 cm³/mol. The van der Waals surface area contributed by atoms with Gasteiger partial charge in [-0.05, 0) is 38.5 Å². The largest absolute Gasteiger partial charge is 0.416 e. The molecule has 0 spiro atoms. The minimum Gasteiger partial charge on any atom is -0.368 e. The van der Waals surface area contributed by atoms with Crippen LogP contribution in [0, 0.1) is 0 Å². The topological polar surface area (TPSA) is 74.7 Å². The van der Waals surface area contributed by atoms with Crippen molar-refractivity contribution < 1.29 is 22.8 Å². The molecule has 1 aromatic carbocycles. The number of nitrogens with zero attached hydrogens (tertiary/aromatic N) is 3. The molecule has 3 rings (SSSR count). The van der Waals surface area contributed by atoms with E-state index < -0.39 is 29.0 Å². The first kappa shape index (κ1) is 26.3. The third-order valence-electron chi connectivity index (χ3n) is 6.04. The third-order valence-corrected chi connectivity index (χ3v) is 6.04. The van der Waals surface area contributed by atoms with Crippen molar-refractivity contribution in [1.29, 1.82) is 0 Å². The van der Waals surface area contributed by atoms with Crippen LogP contribution in [-0.2, 0) is 6.18 Å². The molecule has 0 bridgehead atoms. The normalized spacial score (nSPS) is 14.4. The molecule has 2 aromatic rings. The van der Waals surface area contributed by atoms with E-state index in [0.29, 0.717) is 25.3 Å². The Balaban J connectivity index is 1.79. The summed E-state index contributed by atoms with van der Waals surface area (Å²) < 4.78 is 40.9. The highest BCUT2D eigenvalue weighted by Gasteiger charge is 2.32. The molecule has 35 heavy (non-hydrogen) atoms. The van der Waals surface area contributed by atoms with E-state index in [1.807, 2.05) is 20.8 Å². The number of halogens is 3. The van der Waals surface area contributed by atoms with E-state index in [9.17, 15) is 27.6 Å². The summed E-state index contributed by atoms with van der Waals surface area (Å²) in [5, 5.41) is 2.73. The zero-order valence-corrected chi connectivity index (χ0v) is 20.2. The van der Waals surface area contributed by atoms with E-state index in [4.69, 9.17) is 0 Å². The number of unbranched alkanes of at least 4 members (excludes halogenated alkanes) is 1. The molecule has 7 nitrogen and oxygen atoms in total. The van der Waals surface area contributed by atoms with E-state index >= 15 is 0 Å². The van der Waals surface area contributed by atoms with Gasteiger partial charge in [0.25, 0.3) is 11.8 Å². The standard InChI is InChI=1S/C25H31F3N4O3/c1-4-5-9-29-23(34)20-15-32(17(2)3)16-21(22(20)33)24(35)31-12-10-30(11-13-31)19-8-6-7-18(14-19)25(26,27)28/h6-8,14-17H,4-5,9-13H2,1-3H3,(H,29,34). The Morgan fingerprint density at radius 2 is 1.71 bits per heavy atom. The van der Waals surface area contributed by atoms with Crippen molar-refractivity contribution in [1.82, 2.24) is 14.8 Å². The lowest BCUT2D eigenvalue weighted by Gasteiger charge is -2.36. The summed E-state index contributed by atoms with van der Waals surface area (Å²) in [5.74, 6) is -1.00. The molecule has 190 valence electrons. The number of piperazine rings is 1. The summed E-state index contributed by atoms with van der Waals surface area (Å²) >= 11 is 0. The van der Waals surface area contributed by atoms with Crippen molar-refractivity contribution in [3.63, 3.8) is 0 Å². The molecule has 0 radical (unpaired) electrons. The number of anilines is 1. The maximum Gasteiger partial charge on any atom is 0.416 e. The van der Waals surface area contributed by atoms with Gasteiger partial charge < -0.3 is 19.7 Å². The van der Waals surface area contributed by atoms with Crippen LogP contribution in [0.3, 0.4) is 0 Å². The second kappa shape index (κ2) is 11.0. The van der Waals surface area contributed by atoms with Gasteiger partial charge in [-0.3, -0.25) is 14.4 Å². The van der Waals surface area contributed by atoms with Crippen LogP contribution in [0.5, 0.6) is 0 Å². The van der Waals surface area contributed by atoms with Crippen molar-refractivity contribution in [3.05, 3.63) is 63.6 Å². The fraction of sp³-hybridized carbons (Fsp3) is 0.480.